The molecule has 1 aromatic carbocycles. The minimum atomic E-state index is -0.427. The van der Waals surface area contributed by atoms with Crippen molar-refractivity contribution in [1.82, 2.24) is 14.8 Å². The molecule has 0 aliphatic rings. The molecule has 0 atom stereocenters. The van der Waals surface area contributed by atoms with E-state index in [1.165, 1.54) is 17.7 Å². The first-order valence-electron chi connectivity index (χ1n) is 7.98. The van der Waals surface area contributed by atoms with Crippen LogP contribution >= 0.6 is 11.3 Å². The van der Waals surface area contributed by atoms with Gasteiger partial charge in [-0.25, -0.2) is 14.5 Å². The fraction of sp³-hybridized carbons (Fsp3) is 0.222. The monoisotopic (exact) mass is 367 g/mol. The number of hydrogen-bond donors (Lipinski definition) is 0. The molecular formula is C18H17N5O2S. The van der Waals surface area contributed by atoms with Gasteiger partial charge in [-0.15, -0.1) is 0 Å². The number of nitrogens with zero attached hydrogens (tertiary/aromatic N) is 5. The number of aliphatic imine (C=N–C) groups is 2. The molecule has 0 radical (unpaired) electrons. The molecule has 26 heavy (non-hydrogen) atoms. The second-order valence-corrected chi connectivity index (χ2v) is 6.41. The lowest BCUT2D eigenvalue weighted by Gasteiger charge is -2.02. The third kappa shape index (κ3) is 3.77. The fourth-order valence-electron chi connectivity index (χ4n) is 2.37. The lowest BCUT2D eigenvalue weighted by molar-refractivity contribution is 0.0527. The van der Waals surface area contributed by atoms with Crippen LogP contribution in [0.1, 0.15) is 28.4 Å². The summed E-state index contributed by atoms with van der Waals surface area (Å²) in [4.78, 5) is 24.8. The van der Waals surface area contributed by atoms with Crippen LogP contribution in [0.2, 0.25) is 0 Å². The number of aromatic nitrogens is 3. The van der Waals surface area contributed by atoms with Crippen molar-refractivity contribution in [2.24, 2.45) is 9.98 Å². The summed E-state index contributed by atoms with van der Waals surface area (Å²) in [5, 5.41) is 5.35. The summed E-state index contributed by atoms with van der Waals surface area (Å²) in [7, 11) is 0. The molecule has 3 aromatic rings. The van der Waals surface area contributed by atoms with Crippen molar-refractivity contribution in [2.75, 3.05) is 6.61 Å². The molecule has 0 unspecified atom stereocenters. The van der Waals surface area contributed by atoms with Crippen LogP contribution in [0.15, 0.2) is 46.9 Å². The van der Waals surface area contributed by atoms with Gasteiger partial charge in [0.15, 0.2) is 0 Å². The number of carbonyl (C=O) groups is 1. The van der Waals surface area contributed by atoms with Crippen molar-refractivity contribution in [3.05, 3.63) is 53.6 Å². The van der Waals surface area contributed by atoms with Crippen LogP contribution in [0.3, 0.4) is 0 Å². The predicted molar refractivity (Wildman–Crippen MR) is 100 cm³/mol. The Hall–Kier alpha value is -3.09. The molecule has 3 rings (SSSR count). The second kappa shape index (κ2) is 7.86. The lowest BCUT2D eigenvalue weighted by Crippen LogP contribution is -2.06. The lowest BCUT2D eigenvalue weighted by atomic mass is 10.2. The molecule has 0 fully saturated rings. The van der Waals surface area contributed by atoms with Gasteiger partial charge in [-0.3, -0.25) is 0 Å². The molecule has 0 saturated carbocycles. The van der Waals surface area contributed by atoms with Gasteiger partial charge >= 0.3 is 5.97 Å². The van der Waals surface area contributed by atoms with Crippen molar-refractivity contribution in [1.29, 1.82) is 0 Å². The van der Waals surface area contributed by atoms with Gasteiger partial charge in [0.25, 0.3) is 0 Å². The van der Waals surface area contributed by atoms with Crippen LogP contribution in [-0.4, -0.2) is 33.3 Å². The van der Waals surface area contributed by atoms with E-state index in [2.05, 4.69) is 26.1 Å². The van der Waals surface area contributed by atoms with E-state index < -0.39 is 5.97 Å². The molecule has 2 heterocycles. The molecule has 0 bridgehead atoms. The first kappa shape index (κ1) is 17.7. The summed E-state index contributed by atoms with van der Waals surface area (Å²) in [6, 6.07) is 10.4. The number of hydrogen-bond acceptors (Lipinski definition) is 7. The summed E-state index contributed by atoms with van der Waals surface area (Å²) in [6.45, 7) is 5.87. The number of rotatable bonds is 5. The Bertz CT molecular complexity index is 985. The normalized spacial score (nSPS) is 10.3. The van der Waals surface area contributed by atoms with Gasteiger partial charge in [-0.2, -0.15) is 15.1 Å². The molecule has 0 spiro atoms. The Morgan fingerprint density at radius 3 is 2.88 bits per heavy atom. The molecule has 2 aromatic heterocycles. The van der Waals surface area contributed by atoms with Crippen LogP contribution in [-0.2, 0) is 4.74 Å². The van der Waals surface area contributed by atoms with Gasteiger partial charge in [0.2, 0.25) is 0 Å². The Balaban J connectivity index is 2.03. The van der Waals surface area contributed by atoms with Crippen molar-refractivity contribution in [3.63, 3.8) is 0 Å². The van der Waals surface area contributed by atoms with Gasteiger partial charge in [0, 0.05) is 5.56 Å². The van der Waals surface area contributed by atoms with Crippen LogP contribution in [0.25, 0.3) is 5.00 Å². The van der Waals surface area contributed by atoms with Crippen LogP contribution in [0.4, 0.5) is 10.7 Å². The number of aryl methyl sites for hydroxylation is 1. The summed E-state index contributed by atoms with van der Waals surface area (Å²) in [6.07, 6.45) is 3.01. The maximum atomic E-state index is 12.4. The number of carbonyl (C=O) groups excluding carboxylic acids is 1. The van der Waals surface area contributed by atoms with Crippen molar-refractivity contribution in [3.8, 4) is 5.00 Å². The second-order valence-electron chi connectivity index (χ2n) is 5.44. The van der Waals surface area contributed by atoms with Crippen LogP contribution < -0.4 is 0 Å². The largest absolute Gasteiger partial charge is 0.462 e. The smallest absolute Gasteiger partial charge is 0.341 e. The number of benzene rings is 1. The van der Waals surface area contributed by atoms with E-state index in [-0.39, 0.29) is 6.61 Å². The highest BCUT2D eigenvalue weighted by atomic mass is 32.1. The van der Waals surface area contributed by atoms with E-state index >= 15 is 0 Å². The van der Waals surface area contributed by atoms with Crippen LogP contribution in [0.5, 0.6) is 0 Å². The van der Waals surface area contributed by atoms with Gasteiger partial charge in [-0.05, 0) is 38.5 Å². The average Bonchev–Trinajstić information content (AvgIpc) is 3.23. The average molecular weight is 367 g/mol. The molecule has 0 aliphatic carbocycles. The van der Waals surface area contributed by atoms with E-state index in [1.807, 2.05) is 38.1 Å². The minimum Gasteiger partial charge on any atom is -0.462 e. The maximum absolute atomic E-state index is 12.4. The molecular weight excluding hydrogens is 350 g/mol. The SMILES string of the molecule is CCOC(=O)c1c(N=C=Nc2cccc(C)c2)sc(-n2cncn2)c1C. The molecule has 0 aliphatic heterocycles. The van der Waals surface area contributed by atoms with Gasteiger partial charge in [-0.1, -0.05) is 23.5 Å². The van der Waals surface area contributed by atoms with Gasteiger partial charge < -0.3 is 4.74 Å². The van der Waals surface area contributed by atoms with Gasteiger partial charge in [0.05, 0.1) is 12.3 Å². The maximum Gasteiger partial charge on any atom is 0.341 e. The van der Waals surface area contributed by atoms with E-state index in [1.54, 1.807) is 17.9 Å². The highest BCUT2D eigenvalue weighted by molar-refractivity contribution is 7.18. The first-order valence-corrected chi connectivity index (χ1v) is 8.80. The molecule has 132 valence electrons. The number of esters is 1. The van der Waals surface area contributed by atoms with Gasteiger partial charge in [0.1, 0.15) is 34.2 Å². The van der Waals surface area contributed by atoms with Crippen molar-refractivity contribution < 1.29 is 9.53 Å². The van der Waals surface area contributed by atoms with E-state index in [9.17, 15) is 4.79 Å². The third-order valence-corrected chi connectivity index (χ3v) is 4.72. The summed E-state index contributed by atoms with van der Waals surface area (Å²) in [5.41, 5.74) is 2.97. The Labute approximate surface area is 154 Å². The Morgan fingerprint density at radius 1 is 1.35 bits per heavy atom. The molecule has 0 amide bonds. The predicted octanol–water partition coefficient (Wildman–Crippen LogP) is 4.26. The molecule has 0 saturated heterocycles. The summed E-state index contributed by atoms with van der Waals surface area (Å²) < 4.78 is 6.76. The zero-order chi connectivity index (χ0) is 18.5. The van der Waals surface area contributed by atoms with Crippen molar-refractivity contribution >= 4 is 34.0 Å². The Kier molecular flexibility index (Phi) is 5.36. The summed E-state index contributed by atoms with van der Waals surface area (Å²) >= 11 is 1.31. The zero-order valence-electron chi connectivity index (χ0n) is 14.6. The van der Waals surface area contributed by atoms with E-state index in [0.29, 0.717) is 10.6 Å². The quantitative estimate of drug-likeness (QED) is 0.498. The fourth-order valence-corrected chi connectivity index (χ4v) is 3.42. The third-order valence-electron chi connectivity index (χ3n) is 3.54. The summed E-state index contributed by atoms with van der Waals surface area (Å²) in [5.74, 6) is -0.427. The minimum absolute atomic E-state index is 0.285. The first-order chi connectivity index (χ1) is 12.6. The van der Waals surface area contributed by atoms with Crippen LogP contribution in [0, 0.1) is 13.8 Å². The van der Waals surface area contributed by atoms with E-state index in [4.69, 9.17) is 4.74 Å². The Morgan fingerprint density at radius 2 is 2.19 bits per heavy atom. The molecule has 8 heteroatoms. The highest BCUT2D eigenvalue weighted by Crippen LogP contribution is 2.37. The number of ether oxygens (including phenoxy) is 1. The molecule has 0 N–H and O–H groups in total. The number of thiophene rings is 1. The van der Waals surface area contributed by atoms with Crippen molar-refractivity contribution in [2.45, 2.75) is 20.8 Å². The van der Waals surface area contributed by atoms with E-state index in [0.717, 1.165) is 21.8 Å². The molecule has 7 nitrogen and oxygen atoms in total. The highest BCUT2D eigenvalue weighted by Gasteiger charge is 2.23. The standard InChI is InChI=1S/C18H17N5O2S/c1-4-25-18(24)15-13(3)17(23-11-19-9-22-23)26-16(15)21-10-20-14-7-5-6-12(2)8-14/h5-9,11H,4H2,1-3H3. The zero-order valence-corrected chi connectivity index (χ0v) is 15.4. The topological polar surface area (TPSA) is 81.7 Å².